The predicted octanol–water partition coefficient (Wildman–Crippen LogP) is 2.45. The van der Waals surface area contributed by atoms with E-state index < -0.39 is 0 Å². The standard InChI is InChI=1S/C15H21NO2S/c17-10-12-6-4-5-9-14(12)16-15(18)11-19-13-7-2-1-3-8-13/h1-3,7-8,12,14,17H,4-6,9-11H2,(H,16,18). The molecule has 0 spiro atoms. The average Bonchev–Trinajstić information content (AvgIpc) is 2.47. The summed E-state index contributed by atoms with van der Waals surface area (Å²) in [6.07, 6.45) is 4.32. The van der Waals surface area contributed by atoms with Crippen molar-refractivity contribution in [3.63, 3.8) is 0 Å². The van der Waals surface area contributed by atoms with Crippen LogP contribution in [-0.2, 0) is 4.79 Å². The van der Waals surface area contributed by atoms with Gasteiger partial charge in [0.15, 0.2) is 0 Å². The highest BCUT2D eigenvalue weighted by Gasteiger charge is 2.25. The molecule has 0 saturated heterocycles. The first-order valence-corrected chi connectivity index (χ1v) is 7.86. The molecule has 1 aromatic carbocycles. The summed E-state index contributed by atoms with van der Waals surface area (Å²) in [5.41, 5.74) is 0. The highest BCUT2D eigenvalue weighted by molar-refractivity contribution is 8.00. The fourth-order valence-corrected chi connectivity index (χ4v) is 3.26. The lowest BCUT2D eigenvalue weighted by molar-refractivity contribution is -0.120. The third kappa shape index (κ3) is 4.55. The summed E-state index contributed by atoms with van der Waals surface area (Å²) < 4.78 is 0. The predicted molar refractivity (Wildman–Crippen MR) is 78.1 cm³/mol. The molecule has 1 amide bonds. The number of rotatable bonds is 5. The van der Waals surface area contributed by atoms with Crippen molar-refractivity contribution in [3.8, 4) is 0 Å². The van der Waals surface area contributed by atoms with Crippen molar-refractivity contribution in [2.75, 3.05) is 12.4 Å². The number of carbonyl (C=O) groups is 1. The van der Waals surface area contributed by atoms with Crippen molar-refractivity contribution in [2.24, 2.45) is 5.92 Å². The van der Waals surface area contributed by atoms with Gasteiger partial charge in [-0.1, -0.05) is 31.0 Å². The summed E-state index contributed by atoms with van der Waals surface area (Å²) in [7, 11) is 0. The summed E-state index contributed by atoms with van der Waals surface area (Å²) in [6.45, 7) is 0.177. The molecule has 2 rings (SSSR count). The summed E-state index contributed by atoms with van der Waals surface area (Å²) >= 11 is 1.55. The number of hydrogen-bond donors (Lipinski definition) is 2. The third-order valence-corrected chi connectivity index (χ3v) is 4.62. The van der Waals surface area contributed by atoms with E-state index in [4.69, 9.17) is 0 Å². The average molecular weight is 279 g/mol. The number of benzene rings is 1. The molecule has 1 fully saturated rings. The maximum atomic E-state index is 11.9. The maximum absolute atomic E-state index is 11.9. The summed E-state index contributed by atoms with van der Waals surface area (Å²) in [5, 5.41) is 12.4. The summed E-state index contributed by atoms with van der Waals surface area (Å²) in [6, 6.07) is 10.1. The van der Waals surface area contributed by atoms with E-state index in [2.05, 4.69) is 5.32 Å². The van der Waals surface area contributed by atoms with Crippen molar-refractivity contribution in [1.82, 2.24) is 5.32 Å². The van der Waals surface area contributed by atoms with Gasteiger partial charge in [-0.2, -0.15) is 0 Å². The number of hydrogen-bond acceptors (Lipinski definition) is 3. The quantitative estimate of drug-likeness (QED) is 0.814. The molecule has 1 aliphatic carbocycles. The Morgan fingerprint density at radius 3 is 2.74 bits per heavy atom. The Morgan fingerprint density at radius 1 is 1.26 bits per heavy atom. The zero-order valence-electron chi connectivity index (χ0n) is 11.0. The molecule has 0 aromatic heterocycles. The number of nitrogens with one attached hydrogen (secondary N) is 1. The highest BCUT2D eigenvalue weighted by Crippen LogP contribution is 2.24. The highest BCUT2D eigenvalue weighted by atomic mass is 32.2. The van der Waals surface area contributed by atoms with Crippen molar-refractivity contribution in [2.45, 2.75) is 36.6 Å². The number of aliphatic hydroxyl groups excluding tert-OH is 1. The van der Waals surface area contributed by atoms with E-state index in [-0.39, 0.29) is 24.5 Å². The molecule has 0 heterocycles. The lowest BCUT2D eigenvalue weighted by Crippen LogP contribution is -2.44. The summed E-state index contributed by atoms with van der Waals surface area (Å²) in [5.74, 6) is 0.747. The second kappa shape index (κ2) is 7.56. The van der Waals surface area contributed by atoms with E-state index in [0.717, 1.165) is 30.6 Å². The van der Waals surface area contributed by atoms with Gasteiger partial charge in [0, 0.05) is 23.5 Å². The molecule has 2 atom stereocenters. The smallest absolute Gasteiger partial charge is 0.230 e. The van der Waals surface area contributed by atoms with Gasteiger partial charge in [-0.15, -0.1) is 11.8 Å². The van der Waals surface area contributed by atoms with Gasteiger partial charge < -0.3 is 10.4 Å². The van der Waals surface area contributed by atoms with Crippen molar-refractivity contribution < 1.29 is 9.90 Å². The van der Waals surface area contributed by atoms with Crippen LogP contribution in [0.25, 0.3) is 0 Å². The van der Waals surface area contributed by atoms with Crippen LogP contribution < -0.4 is 5.32 Å². The van der Waals surface area contributed by atoms with E-state index in [1.54, 1.807) is 11.8 Å². The number of aliphatic hydroxyl groups is 1. The monoisotopic (exact) mass is 279 g/mol. The Balaban J connectivity index is 1.77. The Kier molecular flexibility index (Phi) is 5.73. The number of thioether (sulfide) groups is 1. The molecule has 0 bridgehead atoms. The van der Waals surface area contributed by atoms with Crippen molar-refractivity contribution in [1.29, 1.82) is 0 Å². The first kappa shape index (κ1) is 14.4. The van der Waals surface area contributed by atoms with Crippen LogP contribution in [0.1, 0.15) is 25.7 Å². The van der Waals surface area contributed by atoms with E-state index >= 15 is 0 Å². The first-order chi connectivity index (χ1) is 9.29. The minimum Gasteiger partial charge on any atom is -0.396 e. The fourth-order valence-electron chi connectivity index (χ4n) is 2.53. The zero-order valence-corrected chi connectivity index (χ0v) is 11.9. The van der Waals surface area contributed by atoms with Gasteiger partial charge in [0.2, 0.25) is 5.91 Å². The fraction of sp³-hybridized carbons (Fsp3) is 0.533. The SMILES string of the molecule is O=C(CSc1ccccc1)NC1CCCCC1CO. The largest absolute Gasteiger partial charge is 0.396 e. The lowest BCUT2D eigenvalue weighted by Gasteiger charge is -2.30. The second-order valence-electron chi connectivity index (χ2n) is 5.00. The Morgan fingerprint density at radius 2 is 2.00 bits per heavy atom. The molecule has 104 valence electrons. The van der Waals surface area contributed by atoms with Crippen LogP contribution in [0.3, 0.4) is 0 Å². The number of amides is 1. The van der Waals surface area contributed by atoms with Gasteiger partial charge in [0.25, 0.3) is 0 Å². The van der Waals surface area contributed by atoms with Crippen molar-refractivity contribution >= 4 is 17.7 Å². The third-order valence-electron chi connectivity index (χ3n) is 3.60. The molecule has 1 aromatic rings. The molecule has 3 nitrogen and oxygen atoms in total. The lowest BCUT2D eigenvalue weighted by atomic mass is 9.85. The Bertz CT molecular complexity index is 396. The molecule has 2 N–H and O–H groups in total. The molecule has 19 heavy (non-hydrogen) atoms. The van der Waals surface area contributed by atoms with Crippen LogP contribution in [0.5, 0.6) is 0 Å². The van der Waals surface area contributed by atoms with Crippen LogP contribution in [0.4, 0.5) is 0 Å². The van der Waals surface area contributed by atoms with Crippen molar-refractivity contribution in [3.05, 3.63) is 30.3 Å². The van der Waals surface area contributed by atoms with Gasteiger partial charge in [-0.25, -0.2) is 0 Å². The van der Waals surface area contributed by atoms with Gasteiger partial charge in [-0.05, 0) is 25.0 Å². The van der Waals surface area contributed by atoms with Gasteiger partial charge >= 0.3 is 0 Å². The van der Waals surface area contributed by atoms with Crippen LogP contribution in [0.15, 0.2) is 35.2 Å². The van der Waals surface area contributed by atoms with Gasteiger partial charge in [0.1, 0.15) is 0 Å². The molecule has 4 heteroatoms. The van der Waals surface area contributed by atoms with E-state index in [1.807, 2.05) is 30.3 Å². The molecule has 0 radical (unpaired) electrons. The Hall–Kier alpha value is -1.00. The van der Waals surface area contributed by atoms with Gasteiger partial charge in [0.05, 0.1) is 5.75 Å². The van der Waals surface area contributed by atoms with Crippen LogP contribution in [0, 0.1) is 5.92 Å². The molecule has 2 unspecified atom stereocenters. The maximum Gasteiger partial charge on any atom is 0.230 e. The molecule has 1 aliphatic rings. The molecule has 1 saturated carbocycles. The normalized spacial score (nSPS) is 23.0. The van der Waals surface area contributed by atoms with Gasteiger partial charge in [-0.3, -0.25) is 4.79 Å². The van der Waals surface area contributed by atoms with Crippen LogP contribution in [-0.4, -0.2) is 29.4 Å². The van der Waals surface area contributed by atoms with E-state index in [0.29, 0.717) is 5.75 Å². The number of carbonyl (C=O) groups excluding carboxylic acids is 1. The molecular weight excluding hydrogens is 258 g/mol. The minimum atomic E-state index is 0.0687. The minimum absolute atomic E-state index is 0.0687. The Labute approximate surface area is 118 Å². The van der Waals surface area contributed by atoms with Crippen LogP contribution in [0.2, 0.25) is 0 Å². The second-order valence-corrected chi connectivity index (χ2v) is 6.05. The first-order valence-electron chi connectivity index (χ1n) is 6.87. The van der Waals surface area contributed by atoms with Crippen LogP contribution >= 0.6 is 11.8 Å². The zero-order chi connectivity index (χ0) is 13.5. The van der Waals surface area contributed by atoms with E-state index in [1.165, 1.54) is 0 Å². The molecule has 0 aliphatic heterocycles. The van der Waals surface area contributed by atoms with E-state index in [9.17, 15) is 9.90 Å². The summed E-state index contributed by atoms with van der Waals surface area (Å²) in [4.78, 5) is 13.0. The topological polar surface area (TPSA) is 49.3 Å². The molecular formula is C15H21NO2S.